The van der Waals surface area contributed by atoms with Crippen molar-refractivity contribution in [3.63, 3.8) is 0 Å². The van der Waals surface area contributed by atoms with Crippen LogP contribution < -0.4 is 5.32 Å². The van der Waals surface area contributed by atoms with E-state index in [4.69, 9.17) is 33.0 Å². The topological polar surface area (TPSA) is 75.6 Å². The van der Waals surface area contributed by atoms with Gasteiger partial charge in [-0.15, -0.1) is 17.9 Å². The summed E-state index contributed by atoms with van der Waals surface area (Å²) in [6.07, 6.45) is 2.88. The number of carbonyl (C=O) groups excluding carboxylic acids is 1. The normalized spacial score (nSPS) is 11.9. The monoisotopic (exact) mass is 365 g/mol. The van der Waals surface area contributed by atoms with Gasteiger partial charge in [-0.1, -0.05) is 29.3 Å². The third kappa shape index (κ3) is 6.79. The number of aryl methyl sites for hydroxylation is 1. The summed E-state index contributed by atoms with van der Waals surface area (Å²) in [7, 11) is 0. The molecule has 5 nitrogen and oxygen atoms in total. The van der Waals surface area contributed by atoms with E-state index >= 15 is 0 Å². The first-order chi connectivity index (χ1) is 10.4. The molecule has 0 spiro atoms. The molecule has 0 aromatic carbocycles. The molecule has 0 radical (unpaired) electrons. The molecule has 1 aromatic heterocycles. The second kappa shape index (κ2) is 9.84. The Hall–Kier alpha value is -1.08. The molecule has 8 heteroatoms. The molecule has 0 fully saturated rings. The van der Waals surface area contributed by atoms with Gasteiger partial charge in [0.15, 0.2) is 6.04 Å². The van der Waals surface area contributed by atoms with E-state index in [1.807, 2.05) is 0 Å². The minimum atomic E-state index is -1.13. The number of nitrogens with one attached hydrogen (secondary N) is 1. The Morgan fingerprint density at radius 1 is 1.50 bits per heavy atom. The summed E-state index contributed by atoms with van der Waals surface area (Å²) in [6.45, 7) is 3.60. The molecule has 122 valence electrons. The van der Waals surface area contributed by atoms with Crippen molar-refractivity contribution in [2.45, 2.75) is 25.3 Å². The molecule has 0 aliphatic rings. The number of rotatable bonds is 10. The van der Waals surface area contributed by atoms with Crippen molar-refractivity contribution in [3.05, 3.63) is 33.0 Å². The first kappa shape index (κ1) is 19.0. The van der Waals surface area contributed by atoms with Crippen molar-refractivity contribution in [1.29, 1.82) is 0 Å². The molecule has 1 heterocycles. The number of ether oxygens (including phenoxy) is 1. The number of hydrogen-bond donors (Lipinski definition) is 2. The van der Waals surface area contributed by atoms with Crippen molar-refractivity contribution >= 4 is 46.4 Å². The number of carbonyl (C=O) groups is 2. The van der Waals surface area contributed by atoms with Gasteiger partial charge in [0.25, 0.3) is 0 Å². The van der Waals surface area contributed by atoms with Crippen molar-refractivity contribution in [2.75, 3.05) is 13.2 Å². The van der Waals surface area contributed by atoms with Crippen LogP contribution in [-0.2, 0) is 20.7 Å². The van der Waals surface area contributed by atoms with Crippen LogP contribution in [0.2, 0.25) is 8.67 Å². The summed E-state index contributed by atoms with van der Waals surface area (Å²) < 4.78 is 6.28. The Morgan fingerprint density at radius 3 is 2.77 bits per heavy atom. The van der Waals surface area contributed by atoms with E-state index in [1.54, 1.807) is 6.07 Å². The third-order valence-electron chi connectivity index (χ3n) is 2.73. The van der Waals surface area contributed by atoms with Crippen molar-refractivity contribution in [2.24, 2.45) is 0 Å². The number of hydrogen-bond acceptors (Lipinski definition) is 4. The van der Waals surface area contributed by atoms with Gasteiger partial charge >= 0.3 is 5.97 Å². The number of carboxylic acid groups (broad SMARTS) is 1. The molecule has 1 amide bonds. The first-order valence-corrected chi connectivity index (χ1v) is 8.15. The summed E-state index contributed by atoms with van der Waals surface area (Å²) >= 11 is 13.1. The van der Waals surface area contributed by atoms with Crippen LogP contribution in [0, 0.1) is 0 Å². The zero-order chi connectivity index (χ0) is 16.5. The molecule has 1 atom stereocenters. The molecule has 0 aliphatic heterocycles. The largest absolute Gasteiger partial charge is 0.480 e. The fourth-order valence-electron chi connectivity index (χ4n) is 1.69. The van der Waals surface area contributed by atoms with Gasteiger partial charge in [0.05, 0.1) is 21.9 Å². The van der Waals surface area contributed by atoms with Crippen LogP contribution in [0.15, 0.2) is 18.7 Å². The Labute approximate surface area is 142 Å². The Morgan fingerprint density at radius 2 is 2.23 bits per heavy atom. The number of aliphatic carboxylic acids is 1. The summed E-state index contributed by atoms with van der Waals surface area (Å²) in [4.78, 5) is 22.8. The fourth-order valence-corrected chi connectivity index (χ4v) is 3.24. The fraction of sp³-hybridized carbons (Fsp3) is 0.429. The summed E-state index contributed by atoms with van der Waals surface area (Å²) in [5.74, 6) is -1.47. The predicted octanol–water partition coefficient (Wildman–Crippen LogP) is 3.15. The van der Waals surface area contributed by atoms with Gasteiger partial charge in [0.1, 0.15) is 0 Å². The lowest BCUT2D eigenvalue weighted by molar-refractivity contribution is -0.143. The number of carboxylic acids is 1. The van der Waals surface area contributed by atoms with Crippen LogP contribution in [0.3, 0.4) is 0 Å². The lowest BCUT2D eigenvalue weighted by atomic mass is 10.1. The van der Waals surface area contributed by atoms with E-state index < -0.39 is 12.0 Å². The molecular formula is C14H17Cl2NO4S. The van der Waals surface area contributed by atoms with Gasteiger partial charge < -0.3 is 15.2 Å². The second-order valence-corrected chi connectivity index (χ2v) is 6.77. The van der Waals surface area contributed by atoms with Crippen LogP contribution in [0.4, 0.5) is 0 Å². The molecule has 0 saturated carbocycles. The second-order valence-electron chi connectivity index (χ2n) is 4.49. The average Bonchev–Trinajstić information content (AvgIpc) is 2.76. The van der Waals surface area contributed by atoms with E-state index in [1.165, 1.54) is 17.4 Å². The molecule has 0 saturated heterocycles. The van der Waals surface area contributed by atoms with Gasteiger partial charge in [-0.05, 0) is 24.5 Å². The summed E-state index contributed by atoms with van der Waals surface area (Å²) in [5.41, 5.74) is 0.897. The van der Waals surface area contributed by atoms with E-state index in [-0.39, 0.29) is 25.5 Å². The molecular weight excluding hydrogens is 349 g/mol. The van der Waals surface area contributed by atoms with Crippen LogP contribution in [0.5, 0.6) is 0 Å². The minimum Gasteiger partial charge on any atom is -0.480 e. The van der Waals surface area contributed by atoms with Crippen molar-refractivity contribution < 1.29 is 19.4 Å². The quantitative estimate of drug-likeness (QED) is 0.493. The first-order valence-electron chi connectivity index (χ1n) is 6.58. The van der Waals surface area contributed by atoms with Crippen LogP contribution >= 0.6 is 34.5 Å². The molecule has 22 heavy (non-hydrogen) atoms. The maximum absolute atomic E-state index is 11.8. The Balaban J connectivity index is 2.35. The summed E-state index contributed by atoms with van der Waals surface area (Å²) in [5, 5.41) is 11.4. The SMILES string of the molecule is C=CCOCC(NC(=O)CCCc1cc(Cl)sc1Cl)C(=O)O. The lowest BCUT2D eigenvalue weighted by Crippen LogP contribution is -2.44. The molecule has 2 N–H and O–H groups in total. The smallest absolute Gasteiger partial charge is 0.328 e. The van der Waals surface area contributed by atoms with Crippen LogP contribution in [0.1, 0.15) is 18.4 Å². The van der Waals surface area contributed by atoms with E-state index in [2.05, 4.69) is 11.9 Å². The van der Waals surface area contributed by atoms with E-state index in [0.29, 0.717) is 21.5 Å². The Kier molecular flexibility index (Phi) is 8.48. The van der Waals surface area contributed by atoms with E-state index in [0.717, 1.165) is 5.56 Å². The highest BCUT2D eigenvalue weighted by atomic mass is 35.5. The molecule has 1 aromatic rings. The van der Waals surface area contributed by atoms with Gasteiger partial charge in [-0.3, -0.25) is 4.79 Å². The molecule has 1 unspecified atom stereocenters. The minimum absolute atomic E-state index is 0.0982. The van der Waals surface area contributed by atoms with Gasteiger partial charge in [-0.25, -0.2) is 4.79 Å². The lowest BCUT2D eigenvalue weighted by Gasteiger charge is -2.14. The zero-order valence-electron chi connectivity index (χ0n) is 11.8. The molecule has 0 bridgehead atoms. The zero-order valence-corrected chi connectivity index (χ0v) is 14.1. The van der Waals surface area contributed by atoms with Crippen LogP contribution in [0.25, 0.3) is 0 Å². The van der Waals surface area contributed by atoms with Crippen LogP contribution in [-0.4, -0.2) is 36.2 Å². The van der Waals surface area contributed by atoms with Crippen molar-refractivity contribution in [1.82, 2.24) is 5.32 Å². The third-order valence-corrected chi connectivity index (χ3v) is 4.30. The van der Waals surface area contributed by atoms with E-state index in [9.17, 15) is 9.59 Å². The Bertz CT molecular complexity index is 533. The highest BCUT2D eigenvalue weighted by Crippen LogP contribution is 2.31. The predicted molar refractivity (Wildman–Crippen MR) is 87.9 cm³/mol. The van der Waals surface area contributed by atoms with Crippen molar-refractivity contribution in [3.8, 4) is 0 Å². The maximum Gasteiger partial charge on any atom is 0.328 e. The highest BCUT2D eigenvalue weighted by Gasteiger charge is 2.19. The van der Waals surface area contributed by atoms with Gasteiger partial charge in [-0.2, -0.15) is 0 Å². The molecule has 1 rings (SSSR count). The average molecular weight is 366 g/mol. The van der Waals surface area contributed by atoms with Gasteiger partial charge in [0.2, 0.25) is 5.91 Å². The number of thiophene rings is 1. The standard InChI is InChI=1S/C14H17Cl2NO4S/c1-2-6-21-8-10(14(19)20)17-12(18)5-3-4-9-7-11(15)22-13(9)16/h2,7,10H,1,3-6,8H2,(H,17,18)(H,19,20). The number of amides is 1. The highest BCUT2D eigenvalue weighted by molar-refractivity contribution is 7.20. The number of halogens is 2. The van der Waals surface area contributed by atoms with Gasteiger partial charge in [0, 0.05) is 6.42 Å². The maximum atomic E-state index is 11.8. The molecule has 0 aliphatic carbocycles. The summed E-state index contributed by atoms with van der Waals surface area (Å²) in [6, 6.07) is 0.710.